The van der Waals surface area contributed by atoms with Crippen LogP contribution < -0.4 is 0 Å². The fourth-order valence-electron chi connectivity index (χ4n) is 0.715. The van der Waals surface area contributed by atoms with Gasteiger partial charge in [0.2, 0.25) is 0 Å². The van der Waals surface area contributed by atoms with E-state index in [1.54, 1.807) is 17.8 Å². The van der Waals surface area contributed by atoms with E-state index in [1.165, 1.54) is 0 Å². The van der Waals surface area contributed by atoms with Crippen LogP contribution in [0.2, 0.25) is 10.3 Å². The third-order valence-electron chi connectivity index (χ3n) is 1.47. The summed E-state index contributed by atoms with van der Waals surface area (Å²) in [4.78, 5) is 0.851. The highest BCUT2D eigenvalue weighted by molar-refractivity contribution is 7.99. The molecule has 0 spiro atoms. The van der Waals surface area contributed by atoms with Gasteiger partial charge >= 0.3 is 0 Å². The molecular weight excluding hydrogens is 263 g/mol. The number of rotatable bonds is 4. The second-order valence-corrected chi connectivity index (χ2v) is 5.01. The van der Waals surface area contributed by atoms with E-state index in [1.807, 2.05) is 0 Å². The molecule has 0 aliphatic rings. The summed E-state index contributed by atoms with van der Waals surface area (Å²) in [6, 6.07) is 1.71. The molecular formula is C8H9Cl3N2S. The Balaban J connectivity index is 2.62. The summed E-state index contributed by atoms with van der Waals surface area (Å²) >= 11 is 18.8. The first-order valence-electron chi connectivity index (χ1n) is 4.01. The standard InChI is InChI=1S/C8H9Cl3N2S/c1-5(3-9)4-14-6-2-7(10)12-13-8(6)11/h2,5H,3-4H2,1H3. The number of nitrogens with zero attached hydrogens (tertiary/aromatic N) is 2. The van der Waals surface area contributed by atoms with Crippen LogP contribution in [0.1, 0.15) is 6.92 Å². The molecule has 0 bridgehead atoms. The Morgan fingerprint density at radius 2 is 2.14 bits per heavy atom. The molecule has 2 nitrogen and oxygen atoms in total. The van der Waals surface area contributed by atoms with Gasteiger partial charge in [0, 0.05) is 16.5 Å². The molecule has 0 amide bonds. The number of thioether (sulfide) groups is 1. The first kappa shape index (κ1) is 12.4. The molecule has 6 heteroatoms. The van der Waals surface area contributed by atoms with Crippen LogP contribution in [-0.4, -0.2) is 21.8 Å². The first-order valence-corrected chi connectivity index (χ1v) is 6.28. The molecule has 1 heterocycles. The van der Waals surface area contributed by atoms with Crippen molar-refractivity contribution in [2.24, 2.45) is 5.92 Å². The van der Waals surface area contributed by atoms with E-state index in [0.29, 0.717) is 22.1 Å². The monoisotopic (exact) mass is 270 g/mol. The second kappa shape index (κ2) is 6.01. The van der Waals surface area contributed by atoms with Crippen LogP contribution in [-0.2, 0) is 0 Å². The Morgan fingerprint density at radius 1 is 1.43 bits per heavy atom. The van der Waals surface area contributed by atoms with Crippen LogP contribution in [0.25, 0.3) is 0 Å². The molecule has 0 aromatic carbocycles. The maximum absolute atomic E-state index is 5.84. The van der Waals surface area contributed by atoms with Crippen molar-refractivity contribution in [2.75, 3.05) is 11.6 Å². The average molecular weight is 272 g/mol. The lowest BCUT2D eigenvalue weighted by Gasteiger charge is -2.07. The van der Waals surface area contributed by atoms with Crippen LogP contribution in [0.5, 0.6) is 0 Å². The van der Waals surface area contributed by atoms with Crippen molar-refractivity contribution in [3.63, 3.8) is 0 Å². The smallest absolute Gasteiger partial charge is 0.137 e. The molecule has 0 fully saturated rings. The molecule has 1 unspecified atom stereocenters. The summed E-state index contributed by atoms with van der Waals surface area (Å²) in [5, 5.41) is 8.09. The minimum absolute atomic E-state index is 0.357. The van der Waals surface area contributed by atoms with Crippen LogP contribution in [0.4, 0.5) is 0 Å². The van der Waals surface area contributed by atoms with Crippen molar-refractivity contribution >= 4 is 46.6 Å². The zero-order valence-corrected chi connectivity index (χ0v) is 10.6. The van der Waals surface area contributed by atoms with Crippen molar-refractivity contribution in [2.45, 2.75) is 11.8 Å². The number of hydrogen-bond donors (Lipinski definition) is 0. The van der Waals surface area contributed by atoms with Crippen molar-refractivity contribution in [3.8, 4) is 0 Å². The average Bonchev–Trinajstić information content (AvgIpc) is 2.19. The second-order valence-electron chi connectivity index (χ2n) is 2.89. The molecule has 1 atom stereocenters. The van der Waals surface area contributed by atoms with Crippen molar-refractivity contribution in [3.05, 3.63) is 16.4 Å². The lowest BCUT2D eigenvalue weighted by molar-refractivity contribution is 0.758. The molecule has 0 aliphatic carbocycles. The Bertz CT molecular complexity index is 309. The number of halogens is 3. The first-order chi connectivity index (χ1) is 6.63. The molecule has 1 rings (SSSR count). The van der Waals surface area contributed by atoms with Gasteiger partial charge < -0.3 is 0 Å². The summed E-state index contributed by atoms with van der Waals surface area (Å²) < 4.78 is 0. The topological polar surface area (TPSA) is 25.8 Å². The summed E-state index contributed by atoms with van der Waals surface area (Å²) in [5.74, 6) is 1.96. The van der Waals surface area contributed by atoms with E-state index >= 15 is 0 Å². The molecule has 1 aromatic heterocycles. The van der Waals surface area contributed by atoms with Gasteiger partial charge in [-0.1, -0.05) is 30.1 Å². The predicted molar refractivity (Wildman–Crippen MR) is 62.7 cm³/mol. The number of hydrogen-bond acceptors (Lipinski definition) is 3. The Hall–Kier alpha value is 0.300. The summed E-state index contributed by atoms with van der Waals surface area (Å²) in [6.07, 6.45) is 0. The molecule has 1 aromatic rings. The third-order valence-corrected chi connectivity index (χ3v) is 3.93. The molecule has 0 saturated heterocycles. The van der Waals surface area contributed by atoms with Gasteiger partial charge in [0.05, 0.1) is 0 Å². The van der Waals surface area contributed by atoms with Gasteiger partial charge in [-0.3, -0.25) is 0 Å². The molecule has 0 saturated carbocycles. The largest absolute Gasteiger partial charge is 0.165 e. The fraction of sp³-hybridized carbons (Fsp3) is 0.500. The van der Waals surface area contributed by atoms with E-state index in [2.05, 4.69) is 17.1 Å². The summed E-state index contributed by atoms with van der Waals surface area (Å²) in [5.41, 5.74) is 0. The zero-order chi connectivity index (χ0) is 10.6. The Kier molecular flexibility index (Phi) is 5.31. The maximum Gasteiger partial charge on any atom is 0.165 e. The SMILES string of the molecule is CC(CCl)CSc1cc(Cl)nnc1Cl. The van der Waals surface area contributed by atoms with Gasteiger partial charge in [0.25, 0.3) is 0 Å². The van der Waals surface area contributed by atoms with E-state index < -0.39 is 0 Å². The van der Waals surface area contributed by atoms with Gasteiger partial charge in [0.1, 0.15) is 0 Å². The van der Waals surface area contributed by atoms with Gasteiger partial charge in [-0.2, -0.15) is 0 Å². The van der Waals surface area contributed by atoms with Gasteiger partial charge in [0.15, 0.2) is 10.3 Å². The fourth-order valence-corrected chi connectivity index (χ4v) is 2.36. The van der Waals surface area contributed by atoms with Crippen LogP contribution in [0.3, 0.4) is 0 Å². The number of aromatic nitrogens is 2. The molecule has 0 radical (unpaired) electrons. The van der Waals surface area contributed by atoms with E-state index in [9.17, 15) is 0 Å². The van der Waals surface area contributed by atoms with E-state index in [-0.39, 0.29) is 0 Å². The maximum atomic E-state index is 5.84. The summed E-state index contributed by atoms with van der Waals surface area (Å²) in [7, 11) is 0. The van der Waals surface area contributed by atoms with Crippen LogP contribution in [0, 0.1) is 5.92 Å². The minimum Gasteiger partial charge on any atom is -0.137 e. The lowest BCUT2D eigenvalue weighted by Crippen LogP contribution is -1.99. The zero-order valence-electron chi connectivity index (χ0n) is 7.51. The highest BCUT2D eigenvalue weighted by atomic mass is 35.5. The summed E-state index contributed by atoms with van der Waals surface area (Å²) in [6.45, 7) is 2.07. The lowest BCUT2D eigenvalue weighted by atomic mass is 10.3. The van der Waals surface area contributed by atoms with Gasteiger partial charge in [-0.25, -0.2) is 0 Å². The highest BCUT2D eigenvalue weighted by Gasteiger charge is 2.07. The molecule has 14 heavy (non-hydrogen) atoms. The number of alkyl halides is 1. The third kappa shape index (κ3) is 3.81. The van der Waals surface area contributed by atoms with Crippen molar-refractivity contribution in [1.82, 2.24) is 10.2 Å². The van der Waals surface area contributed by atoms with E-state index in [0.717, 1.165) is 10.6 Å². The van der Waals surface area contributed by atoms with Crippen LogP contribution >= 0.6 is 46.6 Å². The van der Waals surface area contributed by atoms with Crippen molar-refractivity contribution in [1.29, 1.82) is 0 Å². The molecule has 0 aliphatic heterocycles. The Morgan fingerprint density at radius 3 is 2.79 bits per heavy atom. The van der Waals surface area contributed by atoms with Crippen LogP contribution in [0.15, 0.2) is 11.0 Å². The highest BCUT2D eigenvalue weighted by Crippen LogP contribution is 2.28. The Labute approximate surface area is 102 Å². The predicted octanol–water partition coefficient (Wildman–Crippen LogP) is 3.75. The van der Waals surface area contributed by atoms with Crippen molar-refractivity contribution < 1.29 is 0 Å². The minimum atomic E-state index is 0.357. The van der Waals surface area contributed by atoms with Gasteiger partial charge in [-0.05, 0) is 12.0 Å². The molecule has 0 N–H and O–H groups in total. The van der Waals surface area contributed by atoms with Gasteiger partial charge in [-0.15, -0.1) is 33.6 Å². The normalized spacial score (nSPS) is 12.9. The van der Waals surface area contributed by atoms with E-state index in [4.69, 9.17) is 34.8 Å². The molecule has 78 valence electrons. The quantitative estimate of drug-likeness (QED) is 0.616.